The normalized spacial score (nSPS) is 19.6. The van der Waals surface area contributed by atoms with Gasteiger partial charge in [0.25, 0.3) is 5.91 Å². The summed E-state index contributed by atoms with van der Waals surface area (Å²) in [6, 6.07) is 22.5. The van der Waals surface area contributed by atoms with E-state index in [1.807, 2.05) is 68.3 Å². The molecule has 4 aromatic rings. The van der Waals surface area contributed by atoms with E-state index >= 15 is 0 Å². The first-order valence-corrected chi connectivity index (χ1v) is 18.1. The van der Waals surface area contributed by atoms with Gasteiger partial charge in [0.15, 0.2) is 0 Å². The topological polar surface area (TPSA) is 103 Å². The summed E-state index contributed by atoms with van der Waals surface area (Å²) in [7, 11) is 1.89. The maximum Gasteiger partial charge on any atom is 0.416 e. The van der Waals surface area contributed by atoms with E-state index in [0.29, 0.717) is 36.8 Å². The second-order valence-corrected chi connectivity index (χ2v) is 14.0. The van der Waals surface area contributed by atoms with Gasteiger partial charge in [-0.25, -0.2) is 4.79 Å². The van der Waals surface area contributed by atoms with E-state index in [0.717, 1.165) is 47.7 Å². The van der Waals surface area contributed by atoms with Crippen molar-refractivity contribution in [1.82, 2.24) is 9.80 Å². The number of benzene rings is 4. The second-order valence-electron chi connectivity index (χ2n) is 14.0. The van der Waals surface area contributed by atoms with Crippen LogP contribution in [0.1, 0.15) is 61.5 Å². The fourth-order valence-electron chi connectivity index (χ4n) is 6.56. The number of nitrogens with zero attached hydrogens (tertiary/aromatic N) is 2. The molecule has 1 aliphatic rings. The van der Waals surface area contributed by atoms with Crippen LogP contribution >= 0.6 is 0 Å². The average molecular weight is 735 g/mol. The Morgan fingerprint density at radius 3 is 2.47 bits per heavy atom. The van der Waals surface area contributed by atoms with Crippen LogP contribution in [0, 0.1) is 5.92 Å². The van der Waals surface area contributed by atoms with Gasteiger partial charge in [0.1, 0.15) is 5.75 Å². The molecule has 9 nitrogen and oxygen atoms in total. The van der Waals surface area contributed by atoms with Gasteiger partial charge in [0.05, 0.1) is 41.7 Å². The minimum absolute atomic E-state index is 0.193. The first-order chi connectivity index (χ1) is 25.3. The number of likely N-dealkylation sites (N-methyl/N-ethyl adjacent to an activating group) is 1. The lowest BCUT2D eigenvalue weighted by molar-refractivity contribution is -0.137. The van der Waals surface area contributed by atoms with E-state index in [9.17, 15) is 27.9 Å². The third-order valence-electron chi connectivity index (χ3n) is 9.57. The van der Waals surface area contributed by atoms with E-state index in [4.69, 9.17) is 9.47 Å². The van der Waals surface area contributed by atoms with Crippen LogP contribution in [0.3, 0.4) is 0 Å². The van der Waals surface area contributed by atoms with E-state index in [2.05, 4.69) is 10.6 Å². The molecule has 53 heavy (non-hydrogen) atoms. The predicted octanol–water partition coefficient (Wildman–Crippen LogP) is 8.43. The zero-order chi connectivity index (χ0) is 38.1. The van der Waals surface area contributed by atoms with Gasteiger partial charge in [-0.15, -0.1) is 0 Å². The molecule has 1 heterocycles. The third-order valence-corrected chi connectivity index (χ3v) is 9.57. The molecule has 284 valence electrons. The lowest BCUT2D eigenvalue weighted by Crippen LogP contribution is -2.47. The number of carbonyl (C=O) groups is 2. The Bertz CT molecular complexity index is 1830. The monoisotopic (exact) mass is 734 g/mol. The summed E-state index contributed by atoms with van der Waals surface area (Å²) in [6.07, 6.45) is -2.60. The first-order valence-electron chi connectivity index (χ1n) is 18.1. The predicted molar refractivity (Wildman–Crippen MR) is 201 cm³/mol. The molecule has 0 spiro atoms. The van der Waals surface area contributed by atoms with Crippen LogP contribution in [0.15, 0.2) is 84.9 Å². The van der Waals surface area contributed by atoms with Crippen molar-refractivity contribution in [3.8, 4) is 5.75 Å². The Kier molecular flexibility index (Phi) is 13.4. The minimum atomic E-state index is -4.40. The number of nitrogens with one attached hydrogen (secondary N) is 2. The molecular weight excluding hydrogens is 685 g/mol. The number of aliphatic hydroxyl groups is 1. The molecule has 3 amide bonds. The lowest BCUT2D eigenvalue weighted by Gasteiger charge is -2.36. The Hall–Kier alpha value is -4.65. The standard InChI is InChI=1S/C41H49F3N4O5/c1-27-23-48(28(2)26-49)39(50)35-22-33(45-40(51)46-36-14-9-12-31-11-5-6-13-34(31)36)19-20-37(35)53-29(3)10-7-8-21-52-38(27)25-47(4)24-30-15-17-32(18-16-30)41(42,43)44/h5-6,9,11-20,22,27-29,38,49H,7-8,10,21,23-26H2,1-4H3,(H2,45,46,51)/t27-,28+,29-,38+/m0/s1. The number of urea groups is 1. The molecule has 1 aliphatic heterocycles. The number of ether oxygens (including phenoxy) is 2. The maximum atomic E-state index is 14.5. The zero-order valence-electron chi connectivity index (χ0n) is 30.7. The van der Waals surface area contributed by atoms with E-state index in [1.54, 1.807) is 30.0 Å². The summed E-state index contributed by atoms with van der Waals surface area (Å²) in [5, 5.41) is 17.9. The number of hydrogen-bond donors (Lipinski definition) is 3. The Morgan fingerprint density at radius 1 is 1.00 bits per heavy atom. The fourth-order valence-corrected chi connectivity index (χ4v) is 6.56. The number of carbonyl (C=O) groups excluding carboxylic acids is 2. The number of hydrogen-bond acceptors (Lipinski definition) is 6. The van der Waals surface area contributed by atoms with Crippen molar-refractivity contribution in [2.45, 2.75) is 71.0 Å². The molecule has 0 aromatic heterocycles. The molecule has 0 saturated carbocycles. The molecule has 0 fully saturated rings. The van der Waals surface area contributed by atoms with E-state index < -0.39 is 23.8 Å². The second kappa shape index (κ2) is 17.9. The number of anilines is 2. The molecular formula is C41H49F3N4O5. The summed E-state index contributed by atoms with van der Waals surface area (Å²) in [4.78, 5) is 31.3. The van der Waals surface area contributed by atoms with Crippen LogP contribution in [-0.2, 0) is 17.5 Å². The summed E-state index contributed by atoms with van der Waals surface area (Å²) in [5.74, 6) is -0.180. The summed E-state index contributed by atoms with van der Waals surface area (Å²) >= 11 is 0. The molecule has 0 aliphatic carbocycles. The van der Waals surface area contributed by atoms with Gasteiger partial charge in [-0.3, -0.25) is 9.69 Å². The highest BCUT2D eigenvalue weighted by Gasteiger charge is 2.32. The quantitative estimate of drug-likeness (QED) is 0.168. The number of rotatable bonds is 8. The maximum absolute atomic E-state index is 14.5. The van der Waals surface area contributed by atoms with E-state index in [1.165, 1.54) is 12.1 Å². The Morgan fingerprint density at radius 2 is 1.74 bits per heavy atom. The van der Waals surface area contributed by atoms with Gasteiger partial charge in [0.2, 0.25) is 0 Å². The number of aliphatic hydroxyl groups excluding tert-OH is 1. The Labute approximate surface area is 309 Å². The number of fused-ring (bicyclic) bond motifs is 2. The van der Waals surface area contributed by atoms with Crippen molar-refractivity contribution in [2.24, 2.45) is 5.92 Å². The smallest absolute Gasteiger partial charge is 0.416 e. The van der Waals surface area contributed by atoms with Crippen molar-refractivity contribution in [2.75, 3.05) is 44.0 Å². The van der Waals surface area contributed by atoms with Crippen LogP contribution in [0.5, 0.6) is 5.75 Å². The van der Waals surface area contributed by atoms with Crippen LogP contribution in [0.25, 0.3) is 10.8 Å². The van der Waals surface area contributed by atoms with Gasteiger partial charge >= 0.3 is 12.2 Å². The number of alkyl halides is 3. The van der Waals surface area contributed by atoms with Crippen molar-refractivity contribution >= 4 is 34.1 Å². The molecule has 4 aromatic carbocycles. The van der Waals surface area contributed by atoms with Gasteiger partial charge in [0, 0.05) is 43.2 Å². The van der Waals surface area contributed by atoms with Gasteiger partial charge < -0.3 is 30.1 Å². The largest absolute Gasteiger partial charge is 0.490 e. The van der Waals surface area contributed by atoms with Crippen LogP contribution in [0.2, 0.25) is 0 Å². The van der Waals surface area contributed by atoms with Gasteiger partial charge in [-0.2, -0.15) is 13.2 Å². The van der Waals surface area contributed by atoms with Crippen molar-refractivity contribution in [1.29, 1.82) is 0 Å². The fraction of sp³-hybridized carbons (Fsp3) is 0.415. The van der Waals surface area contributed by atoms with Crippen molar-refractivity contribution < 1.29 is 37.3 Å². The van der Waals surface area contributed by atoms with Crippen LogP contribution in [-0.4, -0.2) is 78.4 Å². The summed E-state index contributed by atoms with van der Waals surface area (Å²) in [6.45, 7) is 7.03. The molecule has 4 atom stereocenters. The lowest BCUT2D eigenvalue weighted by atomic mass is 10.0. The molecule has 0 radical (unpaired) electrons. The molecule has 3 N–H and O–H groups in total. The highest BCUT2D eigenvalue weighted by Crippen LogP contribution is 2.31. The molecule has 0 bridgehead atoms. The van der Waals surface area contributed by atoms with Crippen LogP contribution < -0.4 is 15.4 Å². The summed E-state index contributed by atoms with van der Waals surface area (Å²) in [5.41, 5.74) is 1.33. The molecule has 5 rings (SSSR count). The molecule has 0 saturated heterocycles. The molecule has 0 unspecified atom stereocenters. The summed E-state index contributed by atoms with van der Waals surface area (Å²) < 4.78 is 52.1. The Balaban J connectivity index is 1.36. The zero-order valence-corrected chi connectivity index (χ0v) is 30.7. The minimum Gasteiger partial charge on any atom is -0.490 e. The van der Waals surface area contributed by atoms with Gasteiger partial charge in [-0.05, 0) is 87.5 Å². The van der Waals surface area contributed by atoms with Crippen molar-refractivity contribution in [3.05, 3.63) is 102 Å². The van der Waals surface area contributed by atoms with Gasteiger partial charge in [-0.1, -0.05) is 55.5 Å². The SMILES string of the molecule is C[C@H](CO)N1C[C@H](C)[C@@H](CN(C)Cc2ccc(C(F)(F)F)cc2)OCCCC[C@H](C)Oc2ccc(NC(=O)Nc3cccc4ccccc34)cc2C1=O. The first kappa shape index (κ1) is 39.6. The molecule has 12 heteroatoms. The third kappa shape index (κ3) is 10.7. The van der Waals surface area contributed by atoms with Crippen LogP contribution in [0.4, 0.5) is 29.3 Å². The average Bonchev–Trinajstić information content (AvgIpc) is 3.12. The number of amides is 3. The van der Waals surface area contributed by atoms with E-state index in [-0.39, 0.29) is 42.7 Å². The van der Waals surface area contributed by atoms with Crippen molar-refractivity contribution in [3.63, 3.8) is 0 Å². The highest BCUT2D eigenvalue weighted by molar-refractivity contribution is 6.07. The highest BCUT2D eigenvalue weighted by atomic mass is 19.4. The number of halogens is 3.